The van der Waals surface area contributed by atoms with E-state index < -0.39 is 0 Å². The lowest BCUT2D eigenvalue weighted by molar-refractivity contribution is -0.918. The molecule has 2 N–H and O–H groups in total. The van der Waals surface area contributed by atoms with E-state index in [1.807, 2.05) is 18.2 Å². The fourth-order valence-corrected chi connectivity index (χ4v) is 4.58. The van der Waals surface area contributed by atoms with Crippen molar-refractivity contribution in [3.63, 3.8) is 0 Å². The van der Waals surface area contributed by atoms with E-state index in [4.69, 9.17) is 0 Å². The summed E-state index contributed by atoms with van der Waals surface area (Å²) in [5.41, 5.74) is 3.60. The smallest absolute Gasteiger partial charge is 0.224 e. The minimum absolute atomic E-state index is 0.0971. The minimum Gasteiger partial charge on any atom is -0.378 e. The summed E-state index contributed by atoms with van der Waals surface area (Å²) in [6, 6.07) is 23.6. The molecule has 0 saturated carbocycles. The first-order chi connectivity index (χ1) is 14.6. The van der Waals surface area contributed by atoms with Gasteiger partial charge in [-0.05, 0) is 28.5 Å². The van der Waals surface area contributed by atoms with Crippen molar-refractivity contribution < 1.29 is 9.69 Å². The highest BCUT2D eigenvalue weighted by molar-refractivity contribution is 5.90. The van der Waals surface area contributed by atoms with Gasteiger partial charge in [0, 0.05) is 38.2 Å². The molecular weight excluding hydrogens is 370 g/mol. The second-order valence-electron chi connectivity index (χ2n) is 8.52. The van der Waals surface area contributed by atoms with E-state index >= 15 is 0 Å². The Bertz CT molecular complexity index is 985. The van der Waals surface area contributed by atoms with Crippen molar-refractivity contribution in [3.05, 3.63) is 77.9 Å². The number of rotatable bonds is 7. The quantitative estimate of drug-likeness (QED) is 0.638. The Labute approximate surface area is 179 Å². The Morgan fingerprint density at radius 3 is 2.40 bits per heavy atom. The summed E-state index contributed by atoms with van der Waals surface area (Å²) in [7, 11) is 4.12. The van der Waals surface area contributed by atoms with Crippen LogP contribution in [-0.2, 0) is 11.2 Å². The average Bonchev–Trinajstić information content (AvgIpc) is 3.29. The summed E-state index contributed by atoms with van der Waals surface area (Å²) in [5.74, 6) is 0.0971. The fraction of sp³-hybridized carbons (Fsp3) is 0.346. The second kappa shape index (κ2) is 9.31. The molecule has 1 fully saturated rings. The third-order valence-corrected chi connectivity index (χ3v) is 6.28. The summed E-state index contributed by atoms with van der Waals surface area (Å²) >= 11 is 0. The molecular formula is C26H32N3O+. The van der Waals surface area contributed by atoms with Crippen LogP contribution in [0.2, 0.25) is 0 Å². The van der Waals surface area contributed by atoms with Gasteiger partial charge in [-0.2, -0.15) is 0 Å². The second-order valence-corrected chi connectivity index (χ2v) is 8.52. The number of hydrogen-bond donors (Lipinski definition) is 2. The molecule has 0 spiro atoms. The predicted octanol–water partition coefficient (Wildman–Crippen LogP) is 2.98. The van der Waals surface area contributed by atoms with Crippen LogP contribution in [0.1, 0.15) is 30.0 Å². The van der Waals surface area contributed by atoms with Gasteiger partial charge in [-0.1, -0.05) is 54.6 Å². The van der Waals surface area contributed by atoms with Gasteiger partial charge in [0.05, 0.1) is 26.1 Å². The molecule has 4 heteroatoms. The number of fused-ring (bicyclic) bond motifs is 1. The Kier molecular flexibility index (Phi) is 6.34. The van der Waals surface area contributed by atoms with E-state index in [0.29, 0.717) is 19.0 Å². The number of carbonyl (C=O) groups is 1. The number of quaternary nitrogens is 1. The molecule has 1 saturated heterocycles. The molecule has 1 heterocycles. The predicted molar refractivity (Wildman–Crippen MR) is 124 cm³/mol. The number of benzene rings is 3. The maximum Gasteiger partial charge on any atom is 0.224 e. The van der Waals surface area contributed by atoms with Crippen molar-refractivity contribution >= 4 is 22.4 Å². The van der Waals surface area contributed by atoms with Crippen LogP contribution in [0.3, 0.4) is 0 Å². The maximum absolute atomic E-state index is 12.8. The van der Waals surface area contributed by atoms with Crippen LogP contribution in [0.15, 0.2) is 66.7 Å². The molecule has 4 rings (SSSR count). The van der Waals surface area contributed by atoms with E-state index in [1.54, 1.807) is 4.90 Å². The first-order valence-corrected chi connectivity index (χ1v) is 11.0. The van der Waals surface area contributed by atoms with Gasteiger partial charge < -0.3 is 15.1 Å². The molecule has 30 heavy (non-hydrogen) atoms. The zero-order valence-electron chi connectivity index (χ0n) is 18.0. The monoisotopic (exact) mass is 402 g/mol. The molecule has 4 nitrogen and oxygen atoms in total. The highest BCUT2D eigenvalue weighted by Crippen LogP contribution is 2.20. The number of carbonyl (C=O) groups excluding carboxylic acids is 1. The van der Waals surface area contributed by atoms with Gasteiger partial charge in [0.2, 0.25) is 5.91 Å². The number of nitrogens with one attached hydrogen (secondary N) is 2. The van der Waals surface area contributed by atoms with Gasteiger partial charge in [-0.25, -0.2) is 0 Å². The minimum atomic E-state index is 0.0971. The summed E-state index contributed by atoms with van der Waals surface area (Å²) < 4.78 is 0. The van der Waals surface area contributed by atoms with Crippen molar-refractivity contribution in [2.24, 2.45) is 0 Å². The van der Waals surface area contributed by atoms with Crippen molar-refractivity contribution in [1.29, 1.82) is 0 Å². The first kappa shape index (κ1) is 20.4. The highest BCUT2D eigenvalue weighted by Gasteiger charge is 2.27. The van der Waals surface area contributed by atoms with E-state index in [2.05, 4.69) is 72.8 Å². The standard InChI is InChI=1S/C26H31N3O/c1-28(2)23-14-12-21(13-15-23)25(29-16-5-6-17-29)19-27-26(30)18-22-10-7-9-20-8-3-4-11-24(20)22/h3-4,7-15,25H,5-6,16-19H2,1-2H3,(H,27,30)/p+1/t25-/m0/s1. The lowest BCUT2D eigenvalue weighted by Gasteiger charge is -2.26. The van der Waals surface area contributed by atoms with Crippen LogP contribution in [0.5, 0.6) is 0 Å². The number of anilines is 1. The molecule has 1 aliphatic heterocycles. The fourth-order valence-electron chi connectivity index (χ4n) is 4.58. The topological polar surface area (TPSA) is 36.8 Å². The van der Waals surface area contributed by atoms with Crippen LogP contribution in [0.25, 0.3) is 10.8 Å². The van der Waals surface area contributed by atoms with Crippen LogP contribution >= 0.6 is 0 Å². The number of hydrogen-bond acceptors (Lipinski definition) is 2. The summed E-state index contributed by atoms with van der Waals surface area (Å²) in [6.07, 6.45) is 2.96. The largest absolute Gasteiger partial charge is 0.378 e. The molecule has 1 aliphatic rings. The SMILES string of the molecule is CN(C)c1ccc([C@H](CNC(=O)Cc2cccc3ccccc23)[NH+]2CCCC2)cc1. The summed E-state index contributed by atoms with van der Waals surface area (Å²) in [4.78, 5) is 16.5. The van der Waals surface area contributed by atoms with E-state index in [1.165, 1.54) is 42.6 Å². The maximum atomic E-state index is 12.8. The van der Waals surface area contributed by atoms with Gasteiger partial charge in [-0.3, -0.25) is 4.79 Å². The van der Waals surface area contributed by atoms with Crippen molar-refractivity contribution in [1.82, 2.24) is 5.32 Å². The van der Waals surface area contributed by atoms with Crippen LogP contribution in [0, 0.1) is 0 Å². The molecule has 1 atom stereocenters. The molecule has 0 bridgehead atoms. The molecule has 3 aromatic rings. The first-order valence-electron chi connectivity index (χ1n) is 11.0. The van der Waals surface area contributed by atoms with E-state index in [-0.39, 0.29) is 5.91 Å². The van der Waals surface area contributed by atoms with Crippen molar-refractivity contribution in [3.8, 4) is 0 Å². The average molecular weight is 403 g/mol. The number of likely N-dealkylation sites (tertiary alicyclic amines) is 1. The van der Waals surface area contributed by atoms with Gasteiger partial charge >= 0.3 is 0 Å². The highest BCUT2D eigenvalue weighted by atomic mass is 16.1. The molecule has 0 radical (unpaired) electrons. The lowest BCUT2D eigenvalue weighted by Crippen LogP contribution is -3.11. The van der Waals surface area contributed by atoms with E-state index in [0.717, 1.165) is 10.9 Å². The van der Waals surface area contributed by atoms with Gasteiger partial charge in [0.15, 0.2) is 0 Å². The van der Waals surface area contributed by atoms with Crippen LogP contribution < -0.4 is 15.1 Å². The Morgan fingerprint density at radius 1 is 0.967 bits per heavy atom. The van der Waals surface area contributed by atoms with Gasteiger partial charge in [-0.15, -0.1) is 0 Å². The van der Waals surface area contributed by atoms with Gasteiger partial charge in [0.25, 0.3) is 0 Å². The molecule has 3 aromatic carbocycles. The van der Waals surface area contributed by atoms with Crippen LogP contribution in [-0.4, -0.2) is 39.6 Å². The molecule has 0 aliphatic carbocycles. The Hall–Kier alpha value is -2.85. The Balaban J connectivity index is 1.46. The number of amides is 1. The zero-order valence-corrected chi connectivity index (χ0v) is 18.0. The summed E-state index contributed by atoms with van der Waals surface area (Å²) in [6.45, 7) is 3.04. The normalized spacial score (nSPS) is 15.3. The molecule has 0 unspecified atom stereocenters. The van der Waals surface area contributed by atoms with Crippen LogP contribution in [0.4, 0.5) is 5.69 Å². The molecule has 1 amide bonds. The zero-order chi connectivity index (χ0) is 20.9. The molecule has 0 aromatic heterocycles. The number of nitrogens with zero attached hydrogens (tertiary/aromatic N) is 1. The third-order valence-electron chi connectivity index (χ3n) is 6.28. The molecule has 156 valence electrons. The Morgan fingerprint density at radius 2 is 1.67 bits per heavy atom. The van der Waals surface area contributed by atoms with Crippen molar-refractivity contribution in [2.45, 2.75) is 25.3 Å². The third kappa shape index (κ3) is 4.65. The lowest BCUT2D eigenvalue weighted by atomic mass is 10.0. The van der Waals surface area contributed by atoms with Gasteiger partial charge in [0.1, 0.15) is 6.04 Å². The summed E-state index contributed by atoms with van der Waals surface area (Å²) in [5, 5.41) is 5.59. The van der Waals surface area contributed by atoms with Crippen molar-refractivity contribution in [2.75, 3.05) is 38.6 Å². The van der Waals surface area contributed by atoms with E-state index in [9.17, 15) is 4.79 Å².